The first-order valence-corrected chi connectivity index (χ1v) is 11.1. The van der Waals surface area contributed by atoms with Crippen molar-refractivity contribution in [2.75, 3.05) is 18.4 Å². The fourth-order valence-corrected chi connectivity index (χ4v) is 5.40. The molecule has 1 fully saturated rings. The van der Waals surface area contributed by atoms with Crippen molar-refractivity contribution in [2.45, 2.75) is 24.2 Å². The summed E-state index contributed by atoms with van der Waals surface area (Å²) in [6, 6.07) is 11.7. The van der Waals surface area contributed by atoms with Gasteiger partial charge in [0.15, 0.2) is 0 Å². The summed E-state index contributed by atoms with van der Waals surface area (Å²) in [5.74, 6) is -0.239. The van der Waals surface area contributed by atoms with E-state index in [-0.39, 0.29) is 10.8 Å². The molecule has 0 spiro atoms. The van der Waals surface area contributed by atoms with Crippen molar-refractivity contribution in [3.05, 3.63) is 53.5 Å². The Morgan fingerprint density at radius 2 is 1.78 bits per heavy atom. The van der Waals surface area contributed by atoms with Crippen LogP contribution in [-0.4, -0.2) is 36.7 Å². The lowest BCUT2D eigenvalue weighted by atomic mass is 10.2. The Balaban J connectivity index is 1.49. The van der Waals surface area contributed by atoms with Crippen LogP contribution in [-0.2, 0) is 10.0 Å². The van der Waals surface area contributed by atoms with Crippen LogP contribution in [0.1, 0.15) is 29.6 Å². The number of benzene rings is 2. The van der Waals surface area contributed by atoms with Gasteiger partial charge in [-0.3, -0.25) is 4.79 Å². The van der Waals surface area contributed by atoms with Gasteiger partial charge in [-0.1, -0.05) is 6.42 Å². The van der Waals surface area contributed by atoms with Crippen molar-refractivity contribution >= 4 is 43.2 Å². The summed E-state index contributed by atoms with van der Waals surface area (Å²) >= 11 is 1.48. The summed E-state index contributed by atoms with van der Waals surface area (Å²) in [7, 11) is -3.46. The monoisotopic (exact) mass is 401 g/mol. The molecule has 1 aromatic heterocycles. The summed E-state index contributed by atoms with van der Waals surface area (Å²) in [6.45, 7) is 1.14. The number of carbonyl (C=O) groups is 1. The Labute approximate surface area is 161 Å². The number of fused-ring (bicyclic) bond motifs is 1. The number of sulfonamides is 1. The third-order valence-electron chi connectivity index (χ3n) is 4.66. The average molecular weight is 402 g/mol. The third-order valence-corrected chi connectivity index (χ3v) is 7.36. The Morgan fingerprint density at radius 3 is 2.52 bits per heavy atom. The van der Waals surface area contributed by atoms with E-state index >= 15 is 0 Å². The molecule has 0 radical (unpaired) electrons. The van der Waals surface area contributed by atoms with E-state index in [1.807, 2.05) is 6.07 Å². The molecule has 0 aliphatic carbocycles. The number of amides is 1. The minimum absolute atomic E-state index is 0.239. The number of anilines is 1. The van der Waals surface area contributed by atoms with Gasteiger partial charge in [-0.2, -0.15) is 4.31 Å². The standard InChI is InChI=1S/C19H19N3O3S2/c23-19(14-4-9-17-18(12-14)26-13-20-17)21-15-5-7-16(8-6-15)27(24,25)22-10-2-1-3-11-22/h4-9,12-13H,1-3,10-11H2,(H,21,23). The maximum Gasteiger partial charge on any atom is 0.255 e. The molecule has 1 N–H and O–H groups in total. The predicted octanol–water partition coefficient (Wildman–Crippen LogP) is 3.72. The first kappa shape index (κ1) is 18.1. The second-order valence-corrected chi connectivity index (χ2v) is 9.30. The van der Waals surface area contributed by atoms with Gasteiger partial charge < -0.3 is 5.32 Å². The van der Waals surface area contributed by atoms with Crippen molar-refractivity contribution in [2.24, 2.45) is 0 Å². The molecular weight excluding hydrogens is 382 g/mol. The van der Waals surface area contributed by atoms with Crippen molar-refractivity contribution < 1.29 is 13.2 Å². The summed E-state index contributed by atoms with van der Waals surface area (Å²) < 4.78 is 27.8. The number of piperidine rings is 1. The van der Waals surface area contributed by atoms with Gasteiger partial charge in [-0.15, -0.1) is 11.3 Å². The molecule has 0 atom stereocenters. The molecule has 1 amide bonds. The highest BCUT2D eigenvalue weighted by Gasteiger charge is 2.25. The molecule has 2 aromatic carbocycles. The minimum Gasteiger partial charge on any atom is -0.322 e. The molecule has 27 heavy (non-hydrogen) atoms. The smallest absolute Gasteiger partial charge is 0.255 e. The van der Waals surface area contributed by atoms with Crippen molar-refractivity contribution in [1.29, 1.82) is 0 Å². The highest BCUT2D eigenvalue weighted by molar-refractivity contribution is 7.89. The molecule has 0 unspecified atom stereocenters. The third kappa shape index (κ3) is 3.73. The van der Waals surface area contributed by atoms with Gasteiger partial charge in [-0.05, 0) is 55.3 Å². The Morgan fingerprint density at radius 1 is 1.04 bits per heavy atom. The molecular formula is C19H19N3O3S2. The van der Waals surface area contributed by atoms with Crippen LogP contribution in [0.15, 0.2) is 52.9 Å². The molecule has 2 heterocycles. The lowest BCUT2D eigenvalue weighted by molar-refractivity contribution is 0.102. The zero-order chi connectivity index (χ0) is 18.9. The van der Waals surface area contributed by atoms with Gasteiger partial charge in [0.2, 0.25) is 10.0 Å². The zero-order valence-corrected chi connectivity index (χ0v) is 16.2. The Hall–Kier alpha value is -2.29. The second kappa shape index (κ2) is 7.38. The maximum atomic E-state index is 12.7. The first-order valence-electron chi connectivity index (χ1n) is 8.79. The fraction of sp³-hybridized carbons (Fsp3) is 0.263. The SMILES string of the molecule is O=C(Nc1ccc(S(=O)(=O)N2CCCCC2)cc1)c1ccc2ncsc2c1. The van der Waals surface area contributed by atoms with Gasteiger partial charge in [0.05, 0.1) is 20.6 Å². The van der Waals surface area contributed by atoms with Crippen LogP contribution in [0.5, 0.6) is 0 Å². The van der Waals surface area contributed by atoms with Crippen molar-refractivity contribution in [3.63, 3.8) is 0 Å². The number of hydrogen-bond donors (Lipinski definition) is 1. The molecule has 6 nitrogen and oxygen atoms in total. The van der Waals surface area contributed by atoms with Gasteiger partial charge in [-0.25, -0.2) is 13.4 Å². The van der Waals surface area contributed by atoms with E-state index < -0.39 is 10.0 Å². The van der Waals surface area contributed by atoms with Crippen LogP contribution in [0.3, 0.4) is 0 Å². The van der Waals surface area contributed by atoms with Crippen LogP contribution in [0, 0.1) is 0 Å². The lowest BCUT2D eigenvalue weighted by Crippen LogP contribution is -2.35. The van der Waals surface area contributed by atoms with E-state index in [4.69, 9.17) is 0 Å². The first-order chi connectivity index (χ1) is 13.0. The number of thiazole rings is 1. The summed E-state index contributed by atoms with van der Waals surface area (Å²) in [4.78, 5) is 16.9. The van der Waals surface area contributed by atoms with Gasteiger partial charge >= 0.3 is 0 Å². The number of nitrogens with one attached hydrogen (secondary N) is 1. The lowest BCUT2D eigenvalue weighted by Gasteiger charge is -2.25. The van der Waals surface area contributed by atoms with Crippen molar-refractivity contribution in [3.8, 4) is 0 Å². The van der Waals surface area contributed by atoms with Gasteiger partial charge in [0, 0.05) is 24.3 Å². The van der Waals surface area contributed by atoms with Crippen LogP contribution in [0.2, 0.25) is 0 Å². The number of rotatable bonds is 4. The van der Waals surface area contributed by atoms with Crippen LogP contribution < -0.4 is 5.32 Å². The van der Waals surface area contributed by atoms with E-state index in [2.05, 4.69) is 10.3 Å². The van der Waals surface area contributed by atoms with Crippen LogP contribution in [0.25, 0.3) is 10.2 Å². The molecule has 140 valence electrons. The number of hydrogen-bond acceptors (Lipinski definition) is 5. The van der Waals surface area contributed by atoms with Crippen LogP contribution in [0.4, 0.5) is 5.69 Å². The highest BCUT2D eigenvalue weighted by atomic mass is 32.2. The number of carbonyl (C=O) groups excluding carboxylic acids is 1. The summed E-state index contributed by atoms with van der Waals surface area (Å²) in [6.07, 6.45) is 2.87. The van der Waals surface area contributed by atoms with E-state index in [0.717, 1.165) is 29.5 Å². The predicted molar refractivity (Wildman–Crippen MR) is 107 cm³/mol. The largest absolute Gasteiger partial charge is 0.322 e. The van der Waals surface area contributed by atoms with Gasteiger partial charge in [0.25, 0.3) is 5.91 Å². The van der Waals surface area contributed by atoms with E-state index in [1.54, 1.807) is 41.9 Å². The average Bonchev–Trinajstić information content (AvgIpc) is 3.17. The number of aromatic nitrogens is 1. The van der Waals surface area contributed by atoms with Crippen LogP contribution >= 0.6 is 11.3 Å². The molecule has 1 aliphatic heterocycles. The van der Waals surface area contributed by atoms with E-state index in [0.29, 0.717) is 24.3 Å². The molecule has 1 aliphatic rings. The molecule has 0 bridgehead atoms. The van der Waals surface area contributed by atoms with E-state index in [1.165, 1.54) is 15.6 Å². The molecule has 8 heteroatoms. The number of nitrogens with zero attached hydrogens (tertiary/aromatic N) is 2. The fourth-order valence-electron chi connectivity index (χ4n) is 3.16. The second-order valence-electron chi connectivity index (χ2n) is 6.48. The maximum absolute atomic E-state index is 12.7. The normalized spacial score (nSPS) is 15.7. The van der Waals surface area contributed by atoms with E-state index in [9.17, 15) is 13.2 Å². The Bertz CT molecular complexity index is 1070. The highest BCUT2D eigenvalue weighted by Crippen LogP contribution is 2.23. The van der Waals surface area contributed by atoms with Crippen molar-refractivity contribution in [1.82, 2.24) is 9.29 Å². The summed E-state index contributed by atoms with van der Waals surface area (Å²) in [5.41, 5.74) is 3.70. The topological polar surface area (TPSA) is 79.4 Å². The summed E-state index contributed by atoms with van der Waals surface area (Å²) in [5, 5.41) is 2.81. The molecule has 1 saturated heterocycles. The van der Waals surface area contributed by atoms with Gasteiger partial charge in [0.1, 0.15) is 0 Å². The molecule has 3 aromatic rings. The molecule has 4 rings (SSSR count). The zero-order valence-electron chi connectivity index (χ0n) is 14.6. The Kier molecular flexibility index (Phi) is 4.94. The quantitative estimate of drug-likeness (QED) is 0.723. The minimum atomic E-state index is -3.46. The molecule has 0 saturated carbocycles.